The monoisotopic (exact) mass is 403 g/mol. The van der Waals surface area contributed by atoms with Gasteiger partial charge in [0.15, 0.2) is 5.17 Å². The van der Waals surface area contributed by atoms with Crippen molar-refractivity contribution in [3.05, 3.63) is 71.5 Å². The molecule has 1 fully saturated rings. The van der Waals surface area contributed by atoms with E-state index >= 15 is 0 Å². The van der Waals surface area contributed by atoms with Gasteiger partial charge in [-0.25, -0.2) is 4.99 Å². The van der Waals surface area contributed by atoms with Crippen LogP contribution in [0.4, 0.5) is 5.69 Å². The molecule has 0 N–H and O–H groups in total. The maximum absolute atomic E-state index is 5.19. The van der Waals surface area contributed by atoms with Crippen LogP contribution in [0.15, 0.2) is 59.7 Å². The van der Waals surface area contributed by atoms with Crippen molar-refractivity contribution in [2.24, 2.45) is 4.99 Å². The lowest BCUT2D eigenvalue weighted by molar-refractivity contribution is 0.201. The largest absolute Gasteiger partial charge is 0.384 e. The summed E-state index contributed by atoms with van der Waals surface area (Å²) in [7, 11) is 1.73. The molecule has 0 bridgehead atoms. The van der Waals surface area contributed by atoms with Crippen molar-refractivity contribution in [1.82, 2.24) is 9.88 Å². The number of benzene rings is 2. The number of hydrogen-bond donors (Lipinski definition) is 0. The number of ether oxygens (including phenoxy) is 1. The first-order valence-corrected chi connectivity index (χ1v) is 11.2. The van der Waals surface area contributed by atoms with Crippen LogP contribution in [0.5, 0.6) is 0 Å². The van der Waals surface area contributed by atoms with Gasteiger partial charge in [-0.15, -0.1) is 0 Å². The average molecular weight is 404 g/mol. The highest BCUT2D eigenvalue weighted by molar-refractivity contribution is 8.13. The Morgan fingerprint density at radius 1 is 1.14 bits per heavy atom. The van der Waals surface area contributed by atoms with Crippen LogP contribution in [0.2, 0.25) is 0 Å². The summed E-state index contributed by atoms with van der Waals surface area (Å²) in [5.41, 5.74) is 5.01. The van der Waals surface area contributed by atoms with Crippen LogP contribution in [-0.4, -0.2) is 40.6 Å². The summed E-state index contributed by atoms with van der Waals surface area (Å²) in [5.74, 6) is 1.14. The van der Waals surface area contributed by atoms with Crippen molar-refractivity contribution in [2.45, 2.75) is 31.8 Å². The molecule has 0 aliphatic carbocycles. The highest BCUT2D eigenvalue weighted by atomic mass is 32.2. The van der Waals surface area contributed by atoms with E-state index < -0.39 is 0 Å². The lowest BCUT2D eigenvalue weighted by Gasteiger charge is -2.41. The van der Waals surface area contributed by atoms with Gasteiger partial charge in [-0.3, -0.25) is 4.98 Å². The van der Waals surface area contributed by atoms with E-state index in [0.717, 1.165) is 47.1 Å². The molecule has 0 spiro atoms. The maximum Gasteiger partial charge on any atom is 0.164 e. The van der Waals surface area contributed by atoms with Gasteiger partial charge in [0, 0.05) is 49.1 Å². The molecule has 2 aromatic carbocycles. The van der Waals surface area contributed by atoms with Crippen molar-refractivity contribution in [1.29, 1.82) is 0 Å². The van der Waals surface area contributed by atoms with Crippen LogP contribution in [0.25, 0.3) is 10.8 Å². The first kappa shape index (κ1) is 18.6. The lowest BCUT2D eigenvalue weighted by atomic mass is 9.93. The standard InChI is InChI=1S/C24H25N3OS/c1-28-10-8-21-12-20-13-22(7-6-18(20)15-25-21)26-24-27-16-19-5-3-2-4-17(19)14-23(27)9-11-29-24/h2-7,12-13,15,23H,8-11,14,16H2,1H3. The van der Waals surface area contributed by atoms with E-state index in [1.54, 1.807) is 7.11 Å². The van der Waals surface area contributed by atoms with Crippen molar-refractivity contribution >= 4 is 33.4 Å². The second kappa shape index (κ2) is 8.17. The van der Waals surface area contributed by atoms with Crippen LogP contribution in [-0.2, 0) is 24.1 Å². The number of thioether (sulfide) groups is 1. The Morgan fingerprint density at radius 3 is 2.93 bits per heavy atom. The Morgan fingerprint density at radius 2 is 2.03 bits per heavy atom. The highest BCUT2D eigenvalue weighted by Gasteiger charge is 2.31. The number of aliphatic imine (C=N–C) groups is 1. The van der Waals surface area contributed by atoms with Gasteiger partial charge >= 0.3 is 0 Å². The number of rotatable bonds is 4. The minimum atomic E-state index is 0.565. The van der Waals surface area contributed by atoms with E-state index in [1.807, 2.05) is 18.0 Å². The van der Waals surface area contributed by atoms with Gasteiger partial charge in [-0.05, 0) is 47.6 Å². The minimum absolute atomic E-state index is 0.565. The van der Waals surface area contributed by atoms with Crippen molar-refractivity contribution in [3.8, 4) is 0 Å². The molecule has 1 aromatic heterocycles. The molecule has 3 aromatic rings. The highest BCUT2D eigenvalue weighted by Crippen LogP contribution is 2.34. The van der Waals surface area contributed by atoms with Gasteiger partial charge in [-0.1, -0.05) is 42.1 Å². The molecule has 1 unspecified atom stereocenters. The first-order chi connectivity index (χ1) is 14.3. The first-order valence-electron chi connectivity index (χ1n) is 10.2. The minimum Gasteiger partial charge on any atom is -0.384 e. The molecule has 4 nitrogen and oxygen atoms in total. The zero-order chi connectivity index (χ0) is 19.6. The van der Waals surface area contributed by atoms with Crippen molar-refractivity contribution in [3.63, 3.8) is 0 Å². The summed E-state index contributed by atoms with van der Waals surface area (Å²) >= 11 is 1.89. The molecule has 0 amide bonds. The number of nitrogens with zero attached hydrogens (tertiary/aromatic N) is 3. The van der Waals surface area contributed by atoms with Crippen molar-refractivity contribution in [2.75, 3.05) is 19.5 Å². The lowest BCUT2D eigenvalue weighted by Crippen LogP contribution is -2.46. The molecule has 2 aliphatic heterocycles. The third kappa shape index (κ3) is 3.89. The smallest absolute Gasteiger partial charge is 0.164 e. The van der Waals surface area contributed by atoms with E-state index in [2.05, 4.69) is 58.4 Å². The van der Waals surface area contributed by atoms with E-state index in [0.29, 0.717) is 12.6 Å². The average Bonchev–Trinajstić information content (AvgIpc) is 2.76. The molecule has 0 saturated carbocycles. The molecule has 0 radical (unpaired) electrons. The fourth-order valence-electron chi connectivity index (χ4n) is 4.23. The quantitative estimate of drug-likeness (QED) is 0.616. The number of amidine groups is 1. The summed E-state index contributed by atoms with van der Waals surface area (Å²) in [6.07, 6.45) is 5.13. The Balaban J connectivity index is 1.45. The Hall–Kier alpha value is -2.37. The van der Waals surface area contributed by atoms with E-state index in [9.17, 15) is 0 Å². The molecule has 3 heterocycles. The van der Waals surface area contributed by atoms with Gasteiger partial charge in [0.25, 0.3) is 0 Å². The van der Waals surface area contributed by atoms with E-state index in [4.69, 9.17) is 9.73 Å². The third-order valence-corrected chi connectivity index (χ3v) is 6.86. The summed E-state index contributed by atoms with van der Waals surface area (Å²) in [6.45, 7) is 1.65. The molecular formula is C24H25N3OS. The van der Waals surface area contributed by atoms with Gasteiger partial charge in [0.05, 0.1) is 12.3 Å². The Bertz CT molecular complexity index is 1060. The van der Waals surface area contributed by atoms with Crippen LogP contribution >= 0.6 is 11.8 Å². The molecule has 148 valence electrons. The van der Waals surface area contributed by atoms with Gasteiger partial charge in [0.1, 0.15) is 0 Å². The maximum atomic E-state index is 5.19. The number of methoxy groups -OCH3 is 1. The molecular weight excluding hydrogens is 378 g/mol. The molecule has 5 rings (SSSR count). The van der Waals surface area contributed by atoms with E-state index in [1.165, 1.54) is 22.9 Å². The van der Waals surface area contributed by atoms with Crippen LogP contribution < -0.4 is 0 Å². The fraction of sp³-hybridized carbons (Fsp3) is 0.333. The van der Waals surface area contributed by atoms with E-state index in [-0.39, 0.29) is 0 Å². The van der Waals surface area contributed by atoms with Gasteiger partial charge in [0.2, 0.25) is 0 Å². The summed E-state index contributed by atoms with van der Waals surface area (Å²) < 4.78 is 5.19. The molecule has 29 heavy (non-hydrogen) atoms. The third-order valence-electron chi connectivity index (χ3n) is 5.83. The number of hydrogen-bond acceptors (Lipinski definition) is 4. The van der Waals surface area contributed by atoms with Gasteiger partial charge < -0.3 is 9.64 Å². The zero-order valence-corrected chi connectivity index (χ0v) is 17.5. The fourth-order valence-corrected chi connectivity index (χ4v) is 5.35. The van der Waals surface area contributed by atoms with Crippen molar-refractivity contribution < 1.29 is 4.74 Å². The van der Waals surface area contributed by atoms with Crippen LogP contribution in [0.3, 0.4) is 0 Å². The molecule has 1 atom stereocenters. The SMILES string of the molecule is COCCc1cc2cc(N=C3SCCC4Cc5ccccc5CN34)ccc2cn1. The van der Waals surface area contributed by atoms with Gasteiger partial charge in [-0.2, -0.15) is 0 Å². The number of pyridine rings is 1. The second-order valence-electron chi connectivity index (χ2n) is 7.74. The summed E-state index contributed by atoms with van der Waals surface area (Å²) in [4.78, 5) is 12.1. The Labute approximate surface area is 176 Å². The Kier molecular flexibility index (Phi) is 5.25. The predicted molar refractivity (Wildman–Crippen MR) is 121 cm³/mol. The topological polar surface area (TPSA) is 37.7 Å². The predicted octanol–water partition coefficient (Wildman–Crippen LogP) is 4.98. The number of aromatic nitrogens is 1. The summed E-state index contributed by atoms with van der Waals surface area (Å²) in [5, 5.41) is 3.49. The zero-order valence-electron chi connectivity index (χ0n) is 16.7. The second-order valence-corrected chi connectivity index (χ2v) is 8.80. The summed E-state index contributed by atoms with van der Waals surface area (Å²) in [6, 6.07) is 18.0. The number of fused-ring (bicyclic) bond motifs is 3. The molecule has 2 aliphatic rings. The molecule has 5 heteroatoms. The molecule has 1 saturated heterocycles. The van der Waals surface area contributed by atoms with Crippen LogP contribution in [0.1, 0.15) is 23.2 Å². The normalized spacial score (nSPS) is 20.0. The van der Waals surface area contributed by atoms with Crippen LogP contribution in [0, 0.1) is 0 Å².